The van der Waals surface area contributed by atoms with Gasteiger partial charge in [-0.3, -0.25) is 9.37 Å². The van der Waals surface area contributed by atoms with Gasteiger partial charge in [-0.05, 0) is 24.4 Å². The van der Waals surface area contributed by atoms with Gasteiger partial charge in [0.2, 0.25) is 0 Å². The number of fused-ring (bicyclic) bond motifs is 1. The van der Waals surface area contributed by atoms with Gasteiger partial charge in [-0.1, -0.05) is 6.92 Å². The van der Waals surface area contributed by atoms with Crippen LogP contribution < -0.4 is 0 Å². The van der Waals surface area contributed by atoms with E-state index in [0.29, 0.717) is 0 Å². The van der Waals surface area contributed by atoms with Gasteiger partial charge in [-0.2, -0.15) is 0 Å². The van der Waals surface area contributed by atoms with Gasteiger partial charge in [0.1, 0.15) is 18.4 Å². The molecule has 0 aliphatic rings. The van der Waals surface area contributed by atoms with Crippen molar-refractivity contribution in [1.82, 2.24) is 4.98 Å². The van der Waals surface area contributed by atoms with Crippen molar-refractivity contribution in [2.75, 3.05) is 6.67 Å². The number of pyridine rings is 1. The van der Waals surface area contributed by atoms with E-state index in [1.165, 1.54) is 17.0 Å². The molecule has 0 radical (unpaired) electrons. The number of alkyl halides is 3. The van der Waals surface area contributed by atoms with Gasteiger partial charge >= 0.3 is 0 Å². The van der Waals surface area contributed by atoms with E-state index in [-0.39, 0.29) is 0 Å². The van der Waals surface area contributed by atoms with Crippen LogP contribution in [0.3, 0.4) is 0 Å². The van der Waals surface area contributed by atoms with Gasteiger partial charge in [0.25, 0.3) is 0 Å². The lowest BCUT2D eigenvalue weighted by atomic mass is 10.0. The highest BCUT2D eigenvalue weighted by molar-refractivity contribution is 7.17. The largest absolute Gasteiger partial charge is 0.387 e. The van der Waals surface area contributed by atoms with Gasteiger partial charge in [0, 0.05) is 28.4 Å². The summed E-state index contributed by atoms with van der Waals surface area (Å²) in [5.74, 6) is -0.941. The molecule has 2 heterocycles. The Kier molecular flexibility index (Phi) is 6.95. The molecule has 0 spiro atoms. The summed E-state index contributed by atoms with van der Waals surface area (Å²) in [5, 5.41) is 12.1. The Balaban J connectivity index is 0.000000202. The number of nitrogens with zero attached hydrogens (tertiary/aromatic N) is 1. The average molecular weight is 305 g/mol. The maximum atomic E-state index is 12.7. The molecule has 2 aromatic rings. The van der Waals surface area contributed by atoms with Gasteiger partial charge in [0.15, 0.2) is 0 Å². The first kappa shape index (κ1) is 16.9. The van der Waals surface area contributed by atoms with Crippen molar-refractivity contribution < 1.29 is 18.3 Å². The molecular formula is C14H18F3NOS. The average Bonchev–Trinajstić information content (AvgIpc) is 2.93. The summed E-state index contributed by atoms with van der Waals surface area (Å²) in [7, 11) is 0. The fourth-order valence-corrected chi connectivity index (χ4v) is 2.24. The number of hydrogen-bond donors (Lipinski definition) is 1. The fourth-order valence-electron chi connectivity index (χ4n) is 1.48. The number of aromatic nitrogens is 1. The fraction of sp³-hybridized carbons (Fsp3) is 0.500. The molecule has 112 valence electrons. The molecule has 0 saturated carbocycles. The molecule has 2 nitrogen and oxygen atoms in total. The minimum Gasteiger partial charge on any atom is -0.387 e. The highest BCUT2D eigenvalue weighted by Gasteiger charge is 2.29. The maximum absolute atomic E-state index is 12.7. The number of aliphatic hydroxyl groups is 1. The molecule has 0 aliphatic heterocycles. The molecule has 0 fully saturated rings. The third-order valence-corrected chi connectivity index (χ3v) is 3.73. The summed E-state index contributed by atoms with van der Waals surface area (Å²) in [5.41, 5.74) is 0. The summed E-state index contributed by atoms with van der Waals surface area (Å²) in [4.78, 5) is 3.99. The lowest BCUT2D eigenvalue weighted by Gasteiger charge is -2.20. The lowest BCUT2D eigenvalue weighted by molar-refractivity contribution is -0.00779. The molecule has 2 aromatic heterocycles. The van der Waals surface area contributed by atoms with E-state index < -0.39 is 31.0 Å². The van der Waals surface area contributed by atoms with Crippen molar-refractivity contribution >= 4 is 21.4 Å². The maximum Gasteiger partial charge on any atom is 0.134 e. The predicted octanol–water partition coefficient (Wildman–Crippen LogP) is 3.95. The molecule has 2 rings (SSSR count). The van der Waals surface area contributed by atoms with Crippen molar-refractivity contribution in [3.8, 4) is 0 Å². The zero-order valence-corrected chi connectivity index (χ0v) is 12.2. The third kappa shape index (κ3) is 4.76. The highest BCUT2D eigenvalue weighted by Crippen LogP contribution is 2.18. The Labute approximate surface area is 120 Å². The normalized spacial score (nSPS) is 16.9. The second-order valence-corrected chi connectivity index (χ2v) is 5.53. The van der Waals surface area contributed by atoms with Crippen LogP contribution in [0.15, 0.2) is 29.9 Å². The van der Waals surface area contributed by atoms with Gasteiger partial charge in [-0.15, -0.1) is 11.3 Å². The Morgan fingerprint density at radius 3 is 2.55 bits per heavy atom. The van der Waals surface area contributed by atoms with Crippen molar-refractivity contribution in [3.63, 3.8) is 0 Å². The summed E-state index contributed by atoms with van der Waals surface area (Å²) in [6, 6.07) is 4.10. The Bertz CT molecular complexity index is 476. The molecule has 0 bridgehead atoms. The van der Waals surface area contributed by atoms with E-state index >= 15 is 0 Å². The van der Waals surface area contributed by atoms with E-state index in [1.807, 2.05) is 18.5 Å². The minimum absolute atomic E-state index is 0.884. The first-order valence-electron chi connectivity index (χ1n) is 6.26. The van der Waals surface area contributed by atoms with Crippen LogP contribution >= 0.6 is 11.3 Å². The SMILES string of the molecule is CC(F)C(O)C(F)C(C)CF.c1cc2sccc2cn1. The van der Waals surface area contributed by atoms with Crippen LogP contribution in [0, 0.1) is 5.92 Å². The van der Waals surface area contributed by atoms with E-state index in [0.717, 1.165) is 6.92 Å². The summed E-state index contributed by atoms with van der Waals surface area (Å²) >= 11 is 1.75. The quantitative estimate of drug-likeness (QED) is 0.928. The van der Waals surface area contributed by atoms with E-state index in [9.17, 15) is 13.2 Å². The number of hydrogen-bond acceptors (Lipinski definition) is 3. The lowest BCUT2D eigenvalue weighted by Crippen LogP contribution is -2.35. The molecule has 0 amide bonds. The summed E-state index contributed by atoms with van der Waals surface area (Å²) in [6.45, 7) is 1.45. The van der Waals surface area contributed by atoms with Crippen LogP contribution in [0.4, 0.5) is 13.2 Å². The van der Waals surface area contributed by atoms with Crippen molar-refractivity contribution in [1.29, 1.82) is 0 Å². The monoisotopic (exact) mass is 305 g/mol. The van der Waals surface area contributed by atoms with Gasteiger partial charge in [-0.25, -0.2) is 8.78 Å². The molecule has 4 unspecified atom stereocenters. The van der Waals surface area contributed by atoms with Crippen molar-refractivity contribution in [2.45, 2.75) is 32.3 Å². The first-order valence-corrected chi connectivity index (χ1v) is 7.14. The Morgan fingerprint density at radius 2 is 2.00 bits per heavy atom. The molecule has 6 heteroatoms. The third-order valence-electron chi connectivity index (χ3n) is 2.84. The molecule has 4 atom stereocenters. The second-order valence-electron chi connectivity index (χ2n) is 4.58. The molecule has 20 heavy (non-hydrogen) atoms. The van der Waals surface area contributed by atoms with Crippen LogP contribution in [0.25, 0.3) is 10.1 Å². The first-order chi connectivity index (χ1) is 9.47. The standard InChI is InChI=1S/C7H13F3O.C7H5NS/c1-4(3-8)6(10)7(11)5(2)9;1-3-8-5-6-2-4-9-7(1)6/h4-7,11H,3H2,1-2H3;1-5H. The summed E-state index contributed by atoms with van der Waals surface area (Å²) in [6.07, 6.45) is -1.48. The van der Waals surface area contributed by atoms with E-state index in [2.05, 4.69) is 16.4 Å². The van der Waals surface area contributed by atoms with E-state index in [1.54, 1.807) is 11.3 Å². The van der Waals surface area contributed by atoms with Gasteiger partial charge in [0.05, 0.1) is 6.67 Å². The van der Waals surface area contributed by atoms with Crippen LogP contribution in [0.5, 0.6) is 0 Å². The van der Waals surface area contributed by atoms with Crippen molar-refractivity contribution in [3.05, 3.63) is 29.9 Å². The number of aliphatic hydroxyl groups excluding tert-OH is 1. The molecule has 0 aliphatic carbocycles. The number of halogens is 3. The summed E-state index contributed by atoms with van der Waals surface area (Å²) < 4.78 is 38.0. The molecule has 0 saturated heterocycles. The van der Waals surface area contributed by atoms with Crippen LogP contribution in [-0.4, -0.2) is 35.2 Å². The topological polar surface area (TPSA) is 33.1 Å². The van der Waals surface area contributed by atoms with Crippen LogP contribution in [-0.2, 0) is 0 Å². The molecule has 0 aromatic carbocycles. The second kappa shape index (κ2) is 8.21. The zero-order chi connectivity index (χ0) is 15.1. The number of thiophene rings is 1. The van der Waals surface area contributed by atoms with Crippen LogP contribution in [0.1, 0.15) is 13.8 Å². The highest BCUT2D eigenvalue weighted by atomic mass is 32.1. The molecular weight excluding hydrogens is 287 g/mol. The van der Waals surface area contributed by atoms with E-state index in [4.69, 9.17) is 5.11 Å². The zero-order valence-electron chi connectivity index (χ0n) is 11.3. The Morgan fingerprint density at radius 1 is 1.30 bits per heavy atom. The van der Waals surface area contributed by atoms with Crippen molar-refractivity contribution in [2.24, 2.45) is 5.92 Å². The molecule has 1 N–H and O–H groups in total. The number of rotatable bonds is 4. The van der Waals surface area contributed by atoms with Crippen LogP contribution in [0.2, 0.25) is 0 Å². The Hall–Kier alpha value is -1.14. The minimum atomic E-state index is -1.82. The smallest absolute Gasteiger partial charge is 0.134 e. The van der Waals surface area contributed by atoms with Gasteiger partial charge < -0.3 is 5.11 Å². The predicted molar refractivity (Wildman–Crippen MR) is 76.2 cm³/mol.